The minimum Gasteiger partial charge on any atom is -0.756 e. The summed E-state index contributed by atoms with van der Waals surface area (Å²) in [6.45, 7) is 4.22. The first-order valence-electron chi connectivity index (χ1n) is 25.2. The fourth-order valence-electron chi connectivity index (χ4n) is 6.92. The lowest BCUT2D eigenvalue weighted by molar-refractivity contribution is -0.870. The summed E-state index contributed by atoms with van der Waals surface area (Å²) >= 11 is 0. The SMILES string of the molecule is CCCCCC/C=C\C/C=C\CCCCCCCCCC(=O)OC(COC(=O)CCCCCCCCCCC/C=C\CCCCCCCC)COP(=O)([O-])OCC[N+](C)(C)C. The molecule has 0 aromatic rings. The van der Waals surface area contributed by atoms with Gasteiger partial charge >= 0.3 is 11.9 Å². The molecule has 0 fully saturated rings. The Labute approximate surface area is 376 Å². The molecule has 0 rings (SSSR count). The molecule has 358 valence electrons. The Hall–Kier alpha value is -1.77. The zero-order valence-electron chi connectivity index (χ0n) is 40.4. The highest BCUT2D eigenvalue weighted by atomic mass is 31.2. The summed E-state index contributed by atoms with van der Waals surface area (Å²) in [5.41, 5.74) is 0. The van der Waals surface area contributed by atoms with Crippen molar-refractivity contribution in [1.29, 1.82) is 0 Å². The molecular formula is C51H96NO8P. The third-order valence-electron chi connectivity index (χ3n) is 10.9. The van der Waals surface area contributed by atoms with Crippen LogP contribution in [-0.4, -0.2) is 70.0 Å². The van der Waals surface area contributed by atoms with E-state index in [9.17, 15) is 19.0 Å². The number of likely N-dealkylation sites (N-methyl/N-ethyl adjacent to an activating group) is 1. The van der Waals surface area contributed by atoms with E-state index in [1.807, 2.05) is 21.1 Å². The number of phosphoric ester groups is 1. The van der Waals surface area contributed by atoms with Gasteiger partial charge in [-0.15, -0.1) is 0 Å². The van der Waals surface area contributed by atoms with E-state index in [4.69, 9.17) is 18.5 Å². The molecule has 0 aliphatic carbocycles. The maximum atomic E-state index is 12.7. The topological polar surface area (TPSA) is 111 Å². The average molecular weight is 882 g/mol. The van der Waals surface area contributed by atoms with E-state index in [0.29, 0.717) is 17.4 Å². The molecule has 0 aromatic carbocycles. The summed E-state index contributed by atoms with van der Waals surface area (Å²) in [5, 5.41) is 0. The second kappa shape index (κ2) is 43.5. The number of rotatable bonds is 46. The monoisotopic (exact) mass is 882 g/mol. The first-order valence-corrected chi connectivity index (χ1v) is 26.7. The van der Waals surface area contributed by atoms with Gasteiger partial charge in [-0.1, -0.05) is 179 Å². The van der Waals surface area contributed by atoms with Gasteiger partial charge in [0.1, 0.15) is 19.8 Å². The molecule has 2 atom stereocenters. The molecule has 0 aromatic heterocycles. The number of nitrogens with zero attached hydrogens (tertiary/aromatic N) is 1. The largest absolute Gasteiger partial charge is 0.756 e. The quantitative estimate of drug-likeness (QED) is 0.0195. The van der Waals surface area contributed by atoms with Gasteiger partial charge < -0.3 is 27.9 Å². The van der Waals surface area contributed by atoms with Crippen LogP contribution in [-0.2, 0) is 32.7 Å². The van der Waals surface area contributed by atoms with Crippen LogP contribution in [0.3, 0.4) is 0 Å². The van der Waals surface area contributed by atoms with Crippen molar-refractivity contribution in [2.45, 2.75) is 232 Å². The van der Waals surface area contributed by atoms with E-state index >= 15 is 0 Å². The fraction of sp³-hybridized carbons (Fsp3) is 0.843. The number of carbonyl (C=O) groups excluding carboxylic acids is 2. The van der Waals surface area contributed by atoms with Crippen molar-refractivity contribution in [2.24, 2.45) is 0 Å². The lowest BCUT2D eigenvalue weighted by atomic mass is 10.1. The van der Waals surface area contributed by atoms with Crippen molar-refractivity contribution < 1.29 is 42.1 Å². The molecule has 10 heteroatoms. The van der Waals surface area contributed by atoms with E-state index in [2.05, 4.69) is 50.3 Å². The molecule has 0 radical (unpaired) electrons. The van der Waals surface area contributed by atoms with E-state index < -0.39 is 26.5 Å². The van der Waals surface area contributed by atoms with Crippen molar-refractivity contribution in [3.05, 3.63) is 36.5 Å². The highest BCUT2D eigenvalue weighted by molar-refractivity contribution is 7.45. The fourth-order valence-corrected chi connectivity index (χ4v) is 7.64. The van der Waals surface area contributed by atoms with Gasteiger partial charge in [-0.05, 0) is 70.6 Å². The Morgan fingerprint density at radius 3 is 1.33 bits per heavy atom. The van der Waals surface area contributed by atoms with Crippen LogP contribution in [0.1, 0.15) is 226 Å². The minimum absolute atomic E-state index is 0.0325. The number of phosphoric acid groups is 1. The highest BCUT2D eigenvalue weighted by Gasteiger charge is 2.21. The molecule has 2 unspecified atom stereocenters. The molecule has 9 nitrogen and oxygen atoms in total. The van der Waals surface area contributed by atoms with Gasteiger partial charge in [0, 0.05) is 12.8 Å². The normalized spacial score (nSPS) is 13.7. The summed E-state index contributed by atoms with van der Waals surface area (Å²) in [6.07, 6.45) is 50.2. The standard InChI is InChI=1S/C51H96NO8P/c1-6-8-10-12-14-16-18-20-22-24-26-28-29-31-33-35-37-39-41-43-50(53)57-47-49(48-59-61(55,56)58-46-45-52(3,4)5)60-51(54)44-42-40-38-36-34-32-30-27-25-23-21-19-17-15-13-11-9-7-2/h17,19-20,22-23,25,49H,6-16,18,21,24,26-48H2,1-5H3/b19-17-,22-20-,25-23-. The molecule has 0 N–H and O–H groups in total. The molecule has 61 heavy (non-hydrogen) atoms. The van der Waals surface area contributed by atoms with Crippen molar-refractivity contribution in [3.63, 3.8) is 0 Å². The van der Waals surface area contributed by atoms with Crippen LogP contribution >= 0.6 is 7.82 Å². The van der Waals surface area contributed by atoms with E-state index in [1.165, 1.54) is 141 Å². The maximum absolute atomic E-state index is 12.7. The summed E-state index contributed by atoms with van der Waals surface area (Å²) in [4.78, 5) is 37.7. The average Bonchev–Trinajstić information content (AvgIpc) is 3.21. The van der Waals surface area contributed by atoms with Crippen molar-refractivity contribution in [2.75, 3.05) is 47.5 Å². The molecule has 0 aliphatic heterocycles. The number of carbonyl (C=O) groups is 2. The molecule has 0 saturated heterocycles. The Balaban J connectivity index is 4.28. The number of esters is 2. The number of ether oxygens (including phenoxy) is 2. The van der Waals surface area contributed by atoms with Gasteiger partial charge in [-0.25, -0.2) is 0 Å². The Bertz CT molecular complexity index is 1130. The van der Waals surface area contributed by atoms with E-state index in [0.717, 1.165) is 51.4 Å². The third-order valence-corrected chi connectivity index (χ3v) is 11.8. The minimum atomic E-state index is -4.63. The third kappa shape index (κ3) is 47.5. The van der Waals surface area contributed by atoms with Crippen molar-refractivity contribution >= 4 is 19.8 Å². The van der Waals surface area contributed by atoms with Gasteiger partial charge in [0.05, 0.1) is 27.7 Å². The summed E-state index contributed by atoms with van der Waals surface area (Å²) in [7, 11) is 1.16. The molecule has 0 saturated carbocycles. The summed E-state index contributed by atoms with van der Waals surface area (Å²) in [6, 6.07) is 0. The van der Waals surface area contributed by atoms with Crippen LogP contribution in [0.2, 0.25) is 0 Å². The number of unbranched alkanes of at least 4 members (excludes halogenated alkanes) is 26. The zero-order valence-corrected chi connectivity index (χ0v) is 41.3. The van der Waals surface area contributed by atoms with Gasteiger partial charge in [-0.2, -0.15) is 0 Å². The molecular weight excluding hydrogens is 786 g/mol. The lowest BCUT2D eigenvalue weighted by Crippen LogP contribution is -2.37. The van der Waals surface area contributed by atoms with Crippen LogP contribution in [0, 0.1) is 0 Å². The van der Waals surface area contributed by atoms with Gasteiger partial charge in [-0.3, -0.25) is 14.2 Å². The predicted octanol–water partition coefficient (Wildman–Crippen LogP) is 14.2. The Kier molecular flexibility index (Phi) is 42.2. The van der Waals surface area contributed by atoms with Crippen LogP contribution in [0.15, 0.2) is 36.5 Å². The molecule has 0 aliphatic rings. The van der Waals surface area contributed by atoms with Crippen LogP contribution < -0.4 is 4.89 Å². The predicted molar refractivity (Wildman–Crippen MR) is 254 cm³/mol. The van der Waals surface area contributed by atoms with E-state index in [-0.39, 0.29) is 32.0 Å². The number of quaternary nitrogens is 1. The second-order valence-corrected chi connectivity index (χ2v) is 19.6. The van der Waals surface area contributed by atoms with Crippen LogP contribution in [0.25, 0.3) is 0 Å². The number of hydrogen-bond donors (Lipinski definition) is 0. The highest BCUT2D eigenvalue weighted by Crippen LogP contribution is 2.38. The second-order valence-electron chi connectivity index (χ2n) is 18.2. The number of allylic oxidation sites excluding steroid dienone is 6. The van der Waals surface area contributed by atoms with Crippen molar-refractivity contribution in [1.82, 2.24) is 0 Å². The zero-order chi connectivity index (χ0) is 45.0. The smallest absolute Gasteiger partial charge is 0.306 e. The Morgan fingerprint density at radius 2 is 0.885 bits per heavy atom. The van der Waals surface area contributed by atoms with Crippen molar-refractivity contribution in [3.8, 4) is 0 Å². The molecule has 0 heterocycles. The number of hydrogen-bond acceptors (Lipinski definition) is 8. The van der Waals surface area contributed by atoms with E-state index in [1.54, 1.807) is 0 Å². The van der Waals surface area contributed by atoms with Gasteiger partial charge in [0.25, 0.3) is 7.82 Å². The first kappa shape index (κ1) is 59.2. The first-order chi connectivity index (χ1) is 29.5. The molecule has 0 amide bonds. The summed E-state index contributed by atoms with van der Waals surface area (Å²) in [5.74, 6) is -0.839. The van der Waals surface area contributed by atoms with Gasteiger partial charge in [0.2, 0.25) is 0 Å². The van der Waals surface area contributed by atoms with Crippen LogP contribution in [0.5, 0.6) is 0 Å². The lowest BCUT2D eigenvalue weighted by Gasteiger charge is -2.28. The van der Waals surface area contributed by atoms with Gasteiger partial charge in [0.15, 0.2) is 6.10 Å². The molecule has 0 spiro atoms. The Morgan fingerprint density at radius 1 is 0.508 bits per heavy atom. The molecule has 0 bridgehead atoms. The summed E-state index contributed by atoms with van der Waals surface area (Å²) < 4.78 is 34.0. The van der Waals surface area contributed by atoms with Crippen LogP contribution in [0.4, 0.5) is 0 Å². The maximum Gasteiger partial charge on any atom is 0.306 e.